The zero-order valence-electron chi connectivity index (χ0n) is 33.9. The first-order chi connectivity index (χ1) is 27.2. The largest absolute Gasteiger partial charge is 0.423 e. The zero-order chi connectivity index (χ0) is 40.7. The molecule has 3 fully saturated rings. The number of carbonyl (C=O) groups excluding carboxylic acids is 3. The minimum absolute atomic E-state index is 0.0420. The number of cyclic esters (lactones) is 1. The molecule has 7 rings (SSSR count). The molecule has 6 aliphatic rings. The molecule has 14 heteroatoms. The monoisotopic (exact) mass is 783 g/mol. The molecule has 7 unspecified atom stereocenters. The molecule has 14 nitrogen and oxygen atoms in total. The van der Waals surface area contributed by atoms with Crippen molar-refractivity contribution in [2.75, 3.05) is 45.3 Å². The normalized spacial score (nSPS) is 33.7. The molecular formula is C43H57N7O7. The maximum atomic E-state index is 13.9. The molecule has 1 aromatic carbocycles. The van der Waals surface area contributed by atoms with Crippen LogP contribution in [0.5, 0.6) is 0 Å². The number of ketones is 2. The second-order valence-corrected chi connectivity index (χ2v) is 17.4. The number of benzene rings is 1. The minimum atomic E-state index is -0.833. The van der Waals surface area contributed by atoms with Gasteiger partial charge in [0, 0.05) is 49.7 Å². The molecule has 306 valence electrons. The maximum Gasteiger partial charge on any atom is 0.341 e. The Morgan fingerprint density at radius 3 is 2.21 bits per heavy atom. The first kappa shape index (κ1) is 41.0. The van der Waals surface area contributed by atoms with Crippen LogP contribution in [0.2, 0.25) is 0 Å². The second kappa shape index (κ2) is 16.2. The highest BCUT2D eigenvalue weighted by Crippen LogP contribution is 2.66. The van der Waals surface area contributed by atoms with Crippen molar-refractivity contribution in [1.29, 1.82) is 0 Å². The van der Waals surface area contributed by atoms with Crippen LogP contribution in [0.25, 0.3) is 6.08 Å². The number of anilines is 1. The molecule has 4 aliphatic heterocycles. The number of aliphatic hydroxyl groups is 2. The Balaban J connectivity index is 1.24. The van der Waals surface area contributed by atoms with E-state index >= 15 is 0 Å². The van der Waals surface area contributed by atoms with Crippen LogP contribution in [0, 0.1) is 22.7 Å². The molecule has 0 amide bonds. The number of carbonyl (C=O) groups is 3. The van der Waals surface area contributed by atoms with Crippen molar-refractivity contribution in [1.82, 2.24) is 10.6 Å². The number of nitrogens with one attached hydrogen (secondary N) is 2. The van der Waals surface area contributed by atoms with E-state index in [9.17, 15) is 24.6 Å². The summed E-state index contributed by atoms with van der Waals surface area (Å²) in [5.41, 5.74) is 0.310. The van der Waals surface area contributed by atoms with Gasteiger partial charge in [-0.1, -0.05) is 26.0 Å². The van der Waals surface area contributed by atoms with Crippen molar-refractivity contribution in [2.45, 2.75) is 102 Å². The fraction of sp³-hybridized carbons (Fsp3) is 0.605. The van der Waals surface area contributed by atoms with Crippen LogP contribution >= 0.6 is 0 Å². The SMILES string of the molecule is CC(NC(CC1C2(CO2)C(NC(C)C(=O)CC2=NCC=N2)CC2[C@]1(C)CC[C@@H](O)[C@@]2(C)CO)C1=C/C(=C\c2ccc(N(C)C)cc2)OC1=O)C(=O)CC1=NCC=N1. The Labute approximate surface area is 334 Å². The molecule has 1 saturated heterocycles. The van der Waals surface area contributed by atoms with Crippen molar-refractivity contribution < 1.29 is 34.1 Å². The van der Waals surface area contributed by atoms with E-state index in [0.29, 0.717) is 68.4 Å². The smallest absolute Gasteiger partial charge is 0.341 e. The predicted molar refractivity (Wildman–Crippen MR) is 220 cm³/mol. The third-order valence-corrected chi connectivity index (χ3v) is 13.6. The lowest BCUT2D eigenvalue weighted by molar-refractivity contribution is -0.185. The number of nitrogens with zero attached hydrogens (tertiary/aromatic N) is 5. The number of epoxide rings is 1. The predicted octanol–water partition coefficient (Wildman–Crippen LogP) is 3.11. The molecule has 0 radical (unpaired) electrons. The molecule has 4 N–H and O–H groups in total. The molecule has 2 aliphatic carbocycles. The number of ether oxygens (including phenoxy) is 2. The average molecular weight is 784 g/mol. The van der Waals surface area contributed by atoms with E-state index in [1.807, 2.05) is 63.2 Å². The van der Waals surface area contributed by atoms with Crippen molar-refractivity contribution in [3.8, 4) is 0 Å². The lowest BCUT2D eigenvalue weighted by atomic mass is 9.43. The van der Waals surface area contributed by atoms with E-state index in [1.54, 1.807) is 25.4 Å². The highest BCUT2D eigenvalue weighted by atomic mass is 16.6. The number of aliphatic hydroxyl groups excluding tert-OH is 2. The van der Waals surface area contributed by atoms with Gasteiger partial charge in [-0.05, 0) is 86.6 Å². The summed E-state index contributed by atoms with van der Waals surface area (Å²) in [7, 11) is 3.95. The summed E-state index contributed by atoms with van der Waals surface area (Å²) in [6, 6.07) is 5.76. The van der Waals surface area contributed by atoms with Gasteiger partial charge in [-0.3, -0.25) is 19.6 Å². The van der Waals surface area contributed by atoms with Crippen LogP contribution in [0.15, 0.2) is 61.6 Å². The number of esters is 1. The van der Waals surface area contributed by atoms with Crippen molar-refractivity contribution >= 4 is 53.4 Å². The average Bonchev–Trinajstić information content (AvgIpc) is 3.49. The second-order valence-electron chi connectivity index (χ2n) is 17.4. The summed E-state index contributed by atoms with van der Waals surface area (Å²) in [6.45, 7) is 8.96. The van der Waals surface area contributed by atoms with E-state index in [-0.39, 0.29) is 48.9 Å². The van der Waals surface area contributed by atoms with E-state index in [2.05, 4.69) is 37.5 Å². The lowest BCUT2D eigenvalue weighted by Crippen LogP contribution is -2.68. The van der Waals surface area contributed by atoms with E-state index < -0.39 is 46.6 Å². The highest BCUT2D eigenvalue weighted by molar-refractivity contribution is 6.08. The lowest BCUT2D eigenvalue weighted by Gasteiger charge is -2.63. The first-order valence-corrected chi connectivity index (χ1v) is 20.2. The molecular weight excluding hydrogens is 727 g/mol. The summed E-state index contributed by atoms with van der Waals surface area (Å²) in [5, 5.41) is 29.6. The van der Waals surface area contributed by atoms with Gasteiger partial charge in [0.25, 0.3) is 0 Å². The van der Waals surface area contributed by atoms with Crippen LogP contribution in [0.3, 0.4) is 0 Å². The van der Waals surface area contributed by atoms with Gasteiger partial charge in [0.1, 0.15) is 23.0 Å². The Kier molecular flexibility index (Phi) is 11.6. The summed E-state index contributed by atoms with van der Waals surface area (Å²) in [6.07, 6.45) is 8.52. The number of aliphatic imine (C=N–C) groups is 4. The van der Waals surface area contributed by atoms with Gasteiger partial charge < -0.3 is 35.2 Å². The zero-order valence-corrected chi connectivity index (χ0v) is 33.9. The minimum Gasteiger partial charge on any atom is -0.423 e. The van der Waals surface area contributed by atoms with Gasteiger partial charge in [0.2, 0.25) is 0 Å². The molecule has 1 spiro atoms. The summed E-state index contributed by atoms with van der Waals surface area (Å²) in [4.78, 5) is 60.2. The van der Waals surface area contributed by atoms with Crippen LogP contribution in [0.4, 0.5) is 5.69 Å². The molecule has 0 aromatic heterocycles. The maximum absolute atomic E-state index is 13.9. The van der Waals surface area contributed by atoms with Gasteiger partial charge in [-0.2, -0.15) is 0 Å². The highest BCUT2D eigenvalue weighted by Gasteiger charge is 2.71. The van der Waals surface area contributed by atoms with Gasteiger partial charge in [-0.15, -0.1) is 0 Å². The molecule has 10 atom stereocenters. The molecule has 0 bridgehead atoms. The quantitative estimate of drug-likeness (QED) is 0.143. The number of hydrogen-bond donors (Lipinski definition) is 4. The van der Waals surface area contributed by atoms with Gasteiger partial charge >= 0.3 is 5.97 Å². The number of rotatable bonds is 16. The van der Waals surface area contributed by atoms with Crippen LogP contribution < -0.4 is 15.5 Å². The summed E-state index contributed by atoms with van der Waals surface area (Å²) >= 11 is 0. The van der Waals surface area contributed by atoms with Crippen LogP contribution in [-0.2, 0) is 23.9 Å². The third kappa shape index (κ3) is 8.11. The fourth-order valence-electron chi connectivity index (χ4n) is 10.1. The standard InChI is InChI=1S/C43H57N7O7/c1-25(32(52)20-38-44-13-14-45-38)48-31(30-18-29(57-40(30)55)17-27-7-9-28(10-8-27)50(5)6)19-35-41(3)12-11-37(54)42(4,23-51)34(41)22-36(43(35)24-56-43)49-26(2)33(53)21-39-46-15-16-47-39/h7-10,13,15,17-18,25-26,31,34-37,48-49,51,54H,11-12,14,16,19-24H2,1-6H3/b29-17+/t25?,26?,31?,34?,35?,36?,37-,41+,42+,43?/m1/s1. The van der Waals surface area contributed by atoms with Crippen LogP contribution in [-0.4, -0.2) is 128 Å². The van der Waals surface area contributed by atoms with E-state index in [0.717, 1.165) is 11.3 Å². The van der Waals surface area contributed by atoms with Crippen molar-refractivity contribution in [3.63, 3.8) is 0 Å². The van der Waals surface area contributed by atoms with Crippen molar-refractivity contribution in [2.24, 2.45) is 42.6 Å². The van der Waals surface area contributed by atoms with Gasteiger partial charge in [0.05, 0.1) is 62.9 Å². The third-order valence-electron chi connectivity index (χ3n) is 13.6. The number of hydrogen-bond acceptors (Lipinski definition) is 14. The number of Topliss-reactive ketones (excluding diaryl/α,β-unsaturated/α-hetero) is 2. The van der Waals surface area contributed by atoms with E-state index in [1.165, 1.54) is 0 Å². The Hall–Kier alpha value is -4.21. The first-order valence-electron chi connectivity index (χ1n) is 20.2. The topological polar surface area (TPSA) is 190 Å². The summed E-state index contributed by atoms with van der Waals surface area (Å²) in [5.74, 6) is 0.347. The Bertz CT molecular complexity index is 1930. The number of fused-ring (bicyclic) bond motifs is 1. The number of amidine groups is 2. The van der Waals surface area contributed by atoms with Gasteiger partial charge in [0.15, 0.2) is 11.6 Å². The Morgan fingerprint density at radius 1 is 1.02 bits per heavy atom. The molecule has 2 saturated carbocycles. The number of allylic oxidation sites excluding steroid dienone is 1. The van der Waals surface area contributed by atoms with Crippen LogP contribution in [0.1, 0.15) is 71.8 Å². The molecule has 4 heterocycles. The molecule has 1 aromatic rings. The molecule has 57 heavy (non-hydrogen) atoms. The Morgan fingerprint density at radius 2 is 1.65 bits per heavy atom. The van der Waals surface area contributed by atoms with Gasteiger partial charge in [-0.25, -0.2) is 14.8 Å². The summed E-state index contributed by atoms with van der Waals surface area (Å²) < 4.78 is 12.4. The fourth-order valence-corrected chi connectivity index (χ4v) is 10.1. The van der Waals surface area contributed by atoms with E-state index in [4.69, 9.17) is 9.47 Å². The van der Waals surface area contributed by atoms with Crippen molar-refractivity contribution in [3.05, 3.63) is 47.2 Å².